The van der Waals surface area contributed by atoms with Gasteiger partial charge in [0.25, 0.3) is 0 Å². The van der Waals surface area contributed by atoms with Crippen LogP contribution in [0.15, 0.2) is 24.3 Å². The second-order valence-corrected chi connectivity index (χ2v) is 5.66. The van der Waals surface area contributed by atoms with Gasteiger partial charge in [0.15, 0.2) is 0 Å². The molecule has 1 heterocycles. The lowest BCUT2D eigenvalue weighted by molar-refractivity contribution is 0.201. The Bertz CT molecular complexity index is 471. The van der Waals surface area contributed by atoms with Crippen LogP contribution in [0.5, 0.6) is 5.75 Å². The first-order chi connectivity index (χ1) is 10.7. The summed E-state index contributed by atoms with van der Waals surface area (Å²) in [5.74, 6) is 1.40. The molecule has 122 valence electrons. The van der Waals surface area contributed by atoms with Crippen LogP contribution in [0.2, 0.25) is 0 Å². The van der Waals surface area contributed by atoms with Gasteiger partial charge in [-0.3, -0.25) is 0 Å². The fourth-order valence-electron chi connectivity index (χ4n) is 2.88. The molecule has 0 aliphatic carbocycles. The summed E-state index contributed by atoms with van der Waals surface area (Å²) in [7, 11) is 1.68. The average Bonchev–Trinajstić information content (AvgIpc) is 3.03. The summed E-state index contributed by atoms with van der Waals surface area (Å²) in [6.07, 6.45) is 1.12. The minimum Gasteiger partial charge on any atom is -0.497 e. The lowest BCUT2D eigenvalue weighted by Gasteiger charge is -2.21. The molecule has 1 atom stereocenters. The average molecular weight is 305 g/mol. The third-order valence-corrected chi connectivity index (χ3v) is 4.32. The molecular formula is C17H27N3O2. The zero-order valence-corrected chi connectivity index (χ0v) is 13.8. The highest BCUT2D eigenvalue weighted by molar-refractivity contribution is 5.74. The number of ether oxygens (including phenoxy) is 1. The fraction of sp³-hybridized carbons (Fsp3) is 0.588. The molecule has 0 spiro atoms. The fourth-order valence-corrected chi connectivity index (χ4v) is 2.88. The van der Waals surface area contributed by atoms with E-state index in [1.54, 1.807) is 7.11 Å². The Morgan fingerprint density at radius 3 is 2.59 bits per heavy atom. The van der Waals surface area contributed by atoms with Crippen LogP contribution in [-0.2, 0) is 0 Å². The number of methoxy groups -OCH3 is 1. The third-order valence-electron chi connectivity index (χ3n) is 4.32. The number of nitrogens with one attached hydrogen (secondary N) is 1. The molecule has 0 radical (unpaired) electrons. The Balaban J connectivity index is 1.81. The monoisotopic (exact) mass is 305 g/mol. The second kappa shape index (κ2) is 7.92. The Morgan fingerprint density at radius 1 is 1.32 bits per heavy atom. The maximum Gasteiger partial charge on any atom is 0.317 e. The highest BCUT2D eigenvalue weighted by Crippen LogP contribution is 2.25. The normalized spacial score (nSPS) is 17.4. The van der Waals surface area contributed by atoms with Crippen molar-refractivity contribution in [1.82, 2.24) is 10.2 Å². The van der Waals surface area contributed by atoms with Gasteiger partial charge in [0.1, 0.15) is 5.75 Å². The van der Waals surface area contributed by atoms with E-state index < -0.39 is 0 Å². The molecule has 1 fully saturated rings. The lowest BCUT2D eigenvalue weighted by atomic mass is 10.1. The number of carbonyl (C=O) groups is 1. The van der Waals surface area contributed by atoms with Crippen molar-refractivity contribution in [2.24, 2.45) is 5.92 Å². The molecule has 0 saturated carbocycles. The van der Waals surface area contributed by atoms with Crippen molar-refractivity contribution >= 4 is 11.7 Å². The number of urea groups is 1. The maximum atomic E-state index is 12.0. The molecule has 2 rings (SSSR count). The second-order valence-electron chi connectivity index (χ2n) is 5.66. The number of benzene rings is 1. The van der Waals surface area contributed by atoms with Gasteiger partial charge in [0, 0.05) is 38.4 Å². The number of carbonyl (C=O) groups excluding carboxylic acids is 1. The van der Waals surface area contributed by atoms with Crippen molar-refractivity contribution in [2.45, 2.75) is 20.3 Å². The van der Waals surface area contributed by atoms with Gasteiger partial charge < -0.3 is 19.9 Å². The van der Waals surface area contributed by atoms with Crippen LogP contribution in [0.4, 0.5) is 10.5 Å². The Kier molecular flexibility index (Phi) is 5.92. The first-order valence-corrected chi connectivity index (χ1v) is 8.09. The van der Waals surface area contributed by atoms with Crippen LogP contribution < -0.4 is 15.0 Å². The number of anilines is 1. The predicted molar refractivity (Wildman–Crippen MR) is 89.6 cm³/mol. The predicted octanol–water partition coefficient (Wildman–Crippen LogP) is 2.57. The van der Waals surface area contributed by atoms with E-state index in [4.69, 9.17) is 4.74 Å². The zero-order chi connectivity index (χ0) is 15.9. The quantitative estimate of drug-likeness (QED) is 0.878. The van der Waals surface area contributed by atoms with Gasteiger partial charge in [0.05, 0.1) is 7.11 Å². The SMILES string of the molecule is CCN(CC)C(=O)NCC1CCN(c2ccc(OC)cc2)C1. The number of amides is 2. The van der Waals surface area contributed by atoms with Gasteiger partial charge in [-0.1, -0.05) is 0 Å². The highest BCUT2D eigenvalue weighted by atomic mass is 16.5. The van der Waals surface area contributed by atoms with Gasteiger partial charge in [-0.05, 0) is 50.5 Å². The minimum atomic E-state index is 0.0490. The Labute approximate surface area is 133 Å². The number of rotatable bonds is 6. The molecule has 1 N–H and O–H groups in total. The minimum absolute atomic E-state index is 0.0490. The van der Waals surface area contributed by atoms with Crippen molar-refractivity contribution in [3.05, 3.63) is 24.3 Å². The standard InChI is InChI=1S/C17H27N3O2/c1-4-19(5-2)17(21)18-12-14-10-11-20(13-14)15-6-8-16(22-3)9-7-15/h6-9,14H,4-5,10-13H2,1-3H3,(H,18,21). The molecule has 0 bridgehead atoms. The first-order valence-electron chi connectivity index (χ1n) is 8.09. The van der Waals surface area contributed by atoms with Gasteiger partial charge in [-0.15, -0.1) is 0 Å². The van der Waals surface area contributed by atoms with Crippen molar-refractivity contribution in [2.75, 3.05) is 44.7 Å². The molecule has 22 heavy (non-hydrogen) atoms. The van der Waals surface area contributed by atoms with E-state index >= 15 is 0 Å². The van der Waals surface area contributed by atoms with E-state index in [0.717, 1.165) is 44.9 Å². The van der Waals surface area contributed by atoms with Crippen molar-refractivity contribution < 1.29 is 9.53 Å². The van der Waals surface area contributed by atoms with E-state index in [-0.39, 0.29) is 6.03 Å². The molecule has 1 saturated heterocycles. The van der Waals surface area contributed by atoms with Crippen LogP contribution in [-0.4, -0.2) is 50.8 Å². The van der Waals surface area contributed by atoms with Crippen molar-refractivity contribution in [3.63, 3.8) is 0 Å². The van der Waals surface area contributed by atoms with E-state index in [2.05, 4.69) is 22.3 Å². The summed E-state index contributed by atoms with van der Waals surface area (Å²) in [4.78, 5) is 16.2. The molecule has 1 aromatic rings. The summed E-state index contributed by atoms with van der Waals surface area (Å²) < 4.78 is 5.19. The van der Waals surface area contributed by atoms with Crippen LogP contribution >= 0.6 is 0 Å². The summed E-state index contributed by atoms with van der Waals surface area (Å²) in [6.45, 7) is 8.30. The number of nitrogens with zero attached hydrogens (tertiary/aromatic N) is 2. The largest absolute Gasteiger partial charge is 0.497 e. The van der Waals surface area contributed by atoms with Crippen LogP contribution in [0.25, 0.3) is 0 Å². The van der Waals surface area contributed by atoms with E-state index in [1.165, 1.54) is 5.69 Å². The maximum absolute atomic E-state index is 12.0. The number of hydrogen-bond donors (Lipinski definition) is 1. The molecular weight excluding hydrogens is 278 g/mol. The highest BCUT2D eigenvalue weighted by Gasteiger charge is 2.23. The molecule has 2 amide bonds. The van der Waals surface area contributed by atoms with Crippen molar-refractivity contribution in [1.29, 1.82) is 0 Å². The van der Waals surface area contributed by atoms with Gasteiger partial charge in [-0.2, -0.15) is 0 Å². The lowest BCUT2D eigenvalue weighted by Crippen LogP contribution is -2.42. The molecule has 5 nitrogen and oxygen atoms in total. The van der Waals surface area contributed by atoms with Gasteiger partial charge in [0.2, 0.25) is 0 Å². The molecule has 1 aliphatic rings. The van der Waals surface area contributed by atoms with Crippen molar-refractivity contribution in [3.8, 4) is 5.75 Å². The zero-order valence-electron chi connectivity index (χ0n) is 13.8. The molecule has 0 aromatic heterocycles. The van der Waals surface area contributed by atoms with Crippen LogP contribution in [0.1, 0.15) is 20.3 Å². The molecule has 1 aromatic carbocycles. The van der Waals surface area contributed by atoms with E-state index in [9.17, 15) is 4.79 Å². The Morgan fingerprint density at radius 2 is 2.00 bits per heavy atom. The molecule has 5 heteroatoms. The van der Waals surface area contributed by atoms with Gasteiger partial charge >= 0.3 is 6.03 Å². The van der Waals surface area contributed by atoms with Gasteiger partial charge in [-0.25, -0.2) is 4.79 Å². The summed E-state index contributed by atoms with van der Waals surface area (Å²) in [6, 6.07) is 8.22. The molecule has 1 aliphatic heterocycles. The third kappa shape index (κ3) is 4.06. The molecule has 1 unspecified atom stereocenters. The van der Waals surface area contributed by atoms with Crippen LogP contribution in [0.3, 0.4) is 0 Å². The smallest absolute Gasteiger partial charge is 0.317 e. The first kappa shape index (κ1) is 16.5. The van der Waals surface area contributed by atoms with E-state index in [1.807, 2.05) is 30.9 Å². The topological polar surface area (TPSA) is 44.8 Å². The van der Waals surface area contributed by atoms with E-state index in [0.29, 0.717) is 5.92 Å². The number of hydrogen-bond acceptors (Lipinski definition) is 3. The summed E-state index contributed by atoms with van der Waals surface area (Å²) in [5.41, 5.74) is 1.22. The summed E-state index contributed by atoms with van der Waals surface area (Å²) >= 11 is 0. The summed E-state index contributed by atoms with van der Waals surface area (Å²) in [5, 5.41) is 3.06. The Hall–Kier alpha value is -1.91. The van der Waals surface area contributed by atoms with Crippen LogP contribution in [0, 0.1) is 5.92 Å².